The predicted octanol–water partition coefficient (Wildman–Crippen LogP) is 2.14. The molecule has 0 aromatic heterocycles. The van der Waals surface area contributed by atoms with Gasteiger partial charge in [-0.05, 0) is 17.7 Å². The molecule has 0 aliphatic carbocycles. The van der Waals surface area contributed by atoms with Crippen molar-refractivity contribution >= 4 is 11.6 Å². The van der Waals surface area contributed by atoms with Crippen molar-refractivity contribution in [2.24, 2.45) is 5.11 Å². The molecule has 1 amide bonds. The van der Waals surface area contributed by atoms with E-state index in [0.29, 0.717) is 24.6 Å². The number of nitrogens with zero attached hydrogens (tertiary/aromatic N) is 3. The van der Waals surface area contributed by atoms with Gasteiger partial charge in [0.15, 0.2) is 0 Å². The highest BCUT2D eigenvalue weighted by molar-refractivity contribution is 5.72. The molecule has 0 saturated carbocycles. The molecule has 1 N–H and O–H groups in total. The summed E-state index contributed by atoms with van der Waals surface area (Å²) in [5.41, 5.74) is 8.76. The number of carbonyl (C=O) groups is 1. The van der Waals surface area contributed by atoms with E-state index in [-0.39, 0.29) is 5.91 Å². The summed E-state index contributed by atoms with van der Waals surface area (Å²) in [6, 6.07) is 6.80. The molecular formula is C10H12N4O2. The Morgan fingerprint density at radius 3 is 3.12 bits per heavy atom. The number of amides is 1. The summed E-state index contributed by atoms with van der Waals surface area (Å²) in [6.45, 7) is 2.27. The first-order valence-corrected chi connectivity index (χ1v) is 4.75. The summed E-state index contributed by atoms with van der Waals surface area (Å²) in [4.78, 5) is 13.3. The Hall–Kier alpha value is -2.20. The van der Waals surface area contributed by atoms with Gasteiger partial charge in [-0.1, -0.05) is 17.2 Å². The molecule has 84 valence electrons. The minimum absolute atomic E-state index is 0.0913. The summed E-state index contributed by atoms with van der Waals surface area (Å²) in [6.07, 6.45) is 0. The van der Waals surface area contributed by atoms with E-state index in [0.717, 1.165) is 0 Å². The van der Waals surface area contributed by atoms with Gasteiger partial charge in [0.25, 0.3) is 0 Å². The zero-order valence-electron chi connectivity index (χ0n) is 8.88. The summed E-state index contributed by atoms with van der Waals surface area (Å²) >= 11 is 0. The molecule has 6 heteroatoms. The summed E-state index contributed by atoms with van der Waals surface area (Å²) < 4.78 is 5.35. The molecule has 0 bridgehead atoms. The second-order valence-electron chi connectivity index (χ2n) is 3.02. The van der Waals surface area contributed by atoms with Crippen molar-refractivity contribution in [3.05, 3.63) is 34.7 Å². The second kappa shape index (κ2) is 6.31. The monoisotopic (exact) mass is 220 g/mol. The standard InChI is InChI=1S/C10H12N4O2/c1-8(15)12-5-6-16-10-4-2-3-9(7-10)13-14-11/h2-4,7H,5-6H2,1H3,(H,12,15). The first-order chi connectivity index (χ1) is 7.72. The van der Waals surface area contributed by atoms with E-state index in [1.165, 1.54) is 6.92 Å². The molecule has 0 heterocycles. The SMILES string of the molecule is CC(=O)NCCOc1cccc(N=[N+]=[N-])c1. The summed E-state index contributed by atoms with van der Waals surface area (Å²) in [5.74, 6) is 0.515. The quantitative estimate of drug-likeness (QED) is 0.356. The molecule has 0 fully saturated rings. The van der Waals surface area contributed by atoms with Gasteiger partial charge in [0, 0.05) is 17.5 Å². The topological polar surface area (TPSA) is 87.1 Å². The van der Waals surface area contributed by atoms with Gasteiger partial charge in [-0.2, -0.15) is 0 Å². The molecule has 0 aliphatic heterocycles. The minimum atomic E-state index is -0.0913. The lowest BCUT2D eigenvalue weighted by Gasteiger charge is -2.06. The van der Waals surface area contributed by atoms with Crippen molar-refractivity contribution in [3.63, 3.8) is 0 Å². The highest BCUT2D eigenvalue weighted by Gasteiger charge is 1.95. The number of hydrogen-bond acceptors (Lipinski definition) is 3. The Balaban J connectivity index is 2.44. The number of benzene rings is 1. The third-order valence-corrected chi connectivity index (χ3v) is 1.72. The van der Waals surface area contributed by atoms with Crippen molar-refractivity contribution < 1.29 is 9.53 Å². The van der Waals surface area contributed by atoms with Gasteiger partial charge in [-0.25, -0.2) is 0 Å². The van der Waals surface area contributed by atoms with Crippen LogP contribution in [0, 0.1) is 0 Å². The van der Waals surface area contributed by atoms with Gasteiger partial charge in [-0.3, -0.25) is 4.79 Å². The van der Waals surface area contributed by atoms with Crippen molar-refractivity contribution in [3.8, 4) is 5.75 Å². The fraction of sp³-hybridized carbons (Fsp3) is 0.300. The molecule has 1 aromatic rings. The molecule has 1 aromatic carbocycles. The Morgan fingerprint density at radius 1 is 1.62 bits per heavy atom. The molecule has 0 spiro atoms. The van der Waals surface area contributed by atoms with Crippen LogP contribution in [0.1, 0.15) is 6.92 Å². The van der Waals surface area contributed by atoms with E-state index in [2.05, 4.69) is 15.3 Å². The Morgan fingerprint density at radius 2 is 2.44 bits per heavy atom. The predicted molar refractivity (Wildman–Crippen MR) is 59.4 cm³/mol. The van der Waals surface area contributed by atoms with Gasteiger partial charge in [-0.15, -0.1) is 0 Å². The van der Waals surface area contributed by atoms with E-state index >= 15 is 0 Å². The maximum atomic E-state index is 10.6. The van der Waals surface area contributed by atoms with Gasteiger partial charge in [0.05, 0.1) is 6.54 Å². The molecule has 16 heavy (non-hydrogen) atoms. The Kier molecular flexibility index (Phi) is 4.69. The van der Waals surface area contributed by atoms with Gasteiger partial charge in [0.2, 0.25) is 5.91 Å². The second-order valence-corrected chi connectivity index (χ2v) is 3.02. The maximum Gasteiger partial charge on any atom is 0.216 e. The number of nitrogens with one attached hydrogen (secondary N) is 1. The Labute approximate surface area is 92.8 Å². The first-order valence-electron chi connectivity index (χ1n) is 4.75. The lowest BCUT2D eigenvalue weighted by Crippen LogP contribution is -2.25. The molecule has 0 saturated heterocycles. The summed E-state index contributed by atoms with van der Waals surface area (Å²) in [7, 11) is 0. The number of rotatable bonds is 5. The third kappa shape index (κ3) is 4.34. The van der Waals surface area contributed by atoms with Gasteiger partial charge in [0.1, 0.15) is 12.4 Å². The van der Waals surface area contributed by atoms with Crippen LogP contribution in [0.15, 0.2) is 29.4 Å². The zero-order valence-corrected chi connectivity index (χ0v) is 8.88. The van der Waals surface area contributed by atoms with Crippen LogP contribution in [0.4, 0.5) is 5.69 Å². The van der Waals surface area contributed by atoms with Gasteiger partial charge >= 0.3 is 0 Å². The highest BCUT2D eigenvalue weighted by atomic mass is 16.5. The van der Waals surface area contributed by atoms with E-state index in [1.807, 2.05) is 0 Å². The largest absolute Gasteiger partial charge is 0.492 e. The first kappa shape index (κ1) is 11.9. The van der Waals surface area contributed by atoms with Crippen LogP contribution in [0.3, 0.4) is 0 Å². The summed E-state index contributed by atoms with van der Waals surface area (Å²) in [5, 5.41) is 6.06. The van der Waals surface area contributed by atoms with Crippen LogP contribution in [-0.2, 0) is 4.79 Å². The fourth-order valence-electron chi connectivity index (χ4n) is 1.08. The van der Waals surface area contributed by atoms with E-state index in [1.54, 1.807) is 24.3 Å². The average Bonchev–Trinajstić information content (AvgIpc) is 2.25. The zero-order chi connectivity index (χ0) is 11.8. The molecule has 0 atom stereocenters. The lowest BCUT2D eigenvalue weighted by molar-refractivity contribution is -0.119. The van der Waals surface area contributed by atoms with Crippen molar-refractivity contribution in [2.45, 2.75) is 6.92 Å². The van der Waals surface area contributed by atoms with Crippen molar-refractivity contribution in [1.82, 2.24) is 5.32 Å². The number of hydrogen-bond donors (Lipinski definition) is 1. The maximum absolute atomic E-state index is 10.6. The van der Waals surface area contributed by atoms with Crippen molar-refractivity contribution in [2.75, 3.05) is 13.2 Å². The Bertz CT molecular complexity index is 413. The molecule has 0 unspecified atom stereocenters. The fourth-order valence-corrected chi connectivity index (χ4v) is 1.08. The highest BCUT2D eigenvalue weighted by Crippen LogP contribution is 2.19. The number of ether oxygens (including phenoxy) is 1. The number of carbonyl (C=O) groups excluding carboxylic acids is 1. The average molecular weight is 220 g/mol. The molecular weight excluding hydrogens is 208 g/mol. The van der Waals surface area contributed by atoms with Crippen LogP contribution in [-0.4, -0.2) is 19.1 Å². The van der Waals surface area contributed by atoms with Crippen LogP contribution in [0.5, 0.6) is 5.75 Å². The van der Waals surface area contributed by atoms with Crippen LogP contribution < -0.4 is 10.1 Å². The molecule has 0 aliphatic rings. The van der Waals surface area contributed by atoms with E-state index < -0.39 is 0 Å². The van der Waals surface area contributed by atoms with Gasteiger partial charge < -0.3 is 10.1 Å². The molecule has 6 nitrogen and oxygen atoms in total. The number of azide groups is 1. The molecule has 0 radical (unpaired) electrons. The van der Waals surface area contributed by atoms with Crippen LogP contribution >= 0.6 is 0 Å². The van der Waals surface area contributed by atoms with Crippen molar-refractivity contribution in [1.29, 1.82) is 0 Å². The van der Waals surface area contributed by atoms with Crippen LogP contribution in [0.25, 0.3) is 10.4 Å². The minimum Gasteiger partial charge on any atom is -0.492 e. The molecule has 1 rings (SSSR count). The smallest absolute Gasteiger partial charge is 0.216 e. The third-order valence-electron chi connectivity index (χ3n) is 1.72. The van der Waals surface area contributed by atoms with E-state index in [9.17, 15) is 4.79 Å². The van der Waals surface area contributed by atoms with Crippen LogP contribution in [0.2, 0.25) is 0 Å². The lowest BCUT2D eigenvalue weighted by atomic mass is 10.3. The normalized spacial score (nSPS) is 9.06. The van der Waals surface area contributed by atoms with E-state index in [4.69, 9.17) is 10.3 Å².